The predicted octanol–water partition coefficient (Wildman–Crippen LogP) is 3.80. The molecule has 1 aliphatic rings. The van der Waals surface area contributed by atoms with Gasteiger partial charge in [0, 0.05) is 18.0 Å². The lowest BCUT2D eigenvalue weighted by atomic mass is 10.2. The molecular formula is C18H21BrN2O3S. The van der Waals surface area contributed by atoms with Gasteiger partial charge in [0.2, 0.25) is 0 Å². The minimum absolute atomic E-state index is 0.0908. The molecule has 0 bridgehead atoms. The van der Waals surface area contributed by atoms with Crippen LogP contribution < -0.4 is 5.56 Å². The van der Waals surface area contributed by atoms with Crippen molar-refractivity contribution in [3.8, 4) is 0 Å². The Morgan fingerprint density at radius 2 is 2.16 bits per heavy atom. The molecule has 0 radical (unpaired) electrons. The summed E-state index contributed by atoms with van der Waals surface area (Å²) >= 11 is 4.84. The van der Waals surface area contributed by atoms with Gasteiger partial charge in [-0.05, 0) is 31.0 Å². The number of ether oxygens (including phenoxy) is 1. The molecule has 1 atom stereocenters. The average Bonchev–Trinajstić information content (AvgIpc) is 2.80. The van der Waals surface area contributed by atoms with Crippen LogP contribution in [0.1, 0.15) is 32.1 Å². The van der Waals surface area contributed by atoms with E-state index >= 15 is 0 Å². The Kier molecular flexibility index (Phi) is 6.30. The number of carbonyl (C=O) groups is 1. The van der Waals surface area contributed by atoms with E-state index in [4.69, 9.17) is 4.74 Å². The quantitative estimate of drug-likeness (QED) is 0.539. The van der Waals surface area contributed by atoms with Crippen LogP contribution in [0.4, 0.5) is 0 Å². The van der Waals surface area contributed by atoms with Crippen LogP contribution in [0.2, 0.25) is 0 Å². The van der Waals surface area contributed by atoms with Gasteiger partial charge in [-0.3, -0.25) is 14.2 Å². The van der Waals surface area contributed by atoms with Crippen molar-refractivity contribution in [1.29, 1.82) is 0 Å². The van der Waals surface area contributed by atoms with E-state index < -0.39 is 0 Å². The lowest BCUT2D eigenvalue weighted by Gasteiger charge is -2.17. The summed E-state index contributed by atoms with van der Waals surface area (Å²) in [5, 5.41) is 1.07. The van der Waals surface area contributed by atoms with Gasteiger partial charge in [-0.2, -0.15) is 0 Å². The number of thioether (sulfide) groups is 1. The third-order valence-electron chi connectivity index (χ3n) is 4.40. The van der Waals surface area contributed by atoms with Gasteiger partial charge in [-0.1, -0.05) is 40.5 Å². The van der Waals surface area contributed by atoms with E-state index in [0.717, 1.165) is 30.2 Å². The van der Waals surface area contributed by atoms with E-state index in [2.05, 4.69) is 20.9 Å². The first-order valence-corrected chi connectivity index (χ1v) is 10.2. The van der Waals surface area contributed by atoms with E-state index in [0.29, 0.717) is 35.6 Å². The van der Waals surface area contributed by atoms with E-state index in [1.54, 1.807) is 17.7 Å². The normalized spacial score (nSPS) is 18.5. The van der Waals surface area contributed by atoms with Crippen molar-refractivity contribution in [2.75, 3.05) is 13.7 Å². The molecule has 1 aliphatic carbocycles. The largest absolute Gasteiger partial charge is 0.383 e. The molecule has 0 unspecified atom stereocenters. The topological polar surface area (TPSA) is 61.2 Å². The van der Waals surface area contributed by atoms with Crippen molar-refractivity contribution in [1.82, 2.24) is 9.55 Å². The molecule has 1 aromatic heterocycles. The van der Waals surface area contributed by atoms with Gasteiger partial charge < -0.3 is 4.74 Å². The second-order valence-corrected chi connectivity index (χ2v) is 8.26. The van der Waals surface area contributed by atoms with Crippen LogP contribution in [-0.4, -0.2) is 34.3 Å². The summed E-state index contributed by atoms with van der Waals surface area (Å²) in [6, 6.07) is 5.50. The molecule has 2 aromatic rings. The maximum atomic E-state index is 12.9. The lowest BCUT2D eigenvalue weighted by Crippen LogP contribution is -2.27. The van der Waals surface area contributed by atoms with E-state index in [1.807, 2.05) is 12.1 Å². The van der Waals surface area contributed by atoms with Crippen molar-refractivity contribution < 1.29 is 9.53 Å². The van der Waals surface area contributed by atoms with Crippen LogP contribution in [0, 0.1) is 0 Å². The van der Waals surface area contributed by atoms with Crippen molar-refractivity contribution >= 4 is 44.4 Å². The fourth-order valence-corrected chi connectivity index (χ4v) is 4.62. The SMILES string of the molecule is COCCn1c(S[C@@H]2CCCCCC2=O)nc2ccc(Br)cc2c1=O. The zero-order valence-corrected chi connectivity index (χ0v) is 16.6. The average molecular weight is 425 g/mol. The summed E-state index contributed by atoms with van der Waals surface area (Å²) in [6.07, 6.45) is 4.58. The van der Waals surface area contributed by atoms with Crippen LogP contribution in [0.15, 0.2) is 32.6 Å². The number of ketones is 1. The van der Waals surface area contributed by atoms with Crippen molar-refractivity contribution in [2.24, 2.45) is 0 Å². The smallest absolute Gasteiger partial charge is 0.262 e. The first-order chi connectivity index (χ1) is 12.1. The van der Waals surface area contributed by atoms with Crippen molar-refractivity contribution in [3.05, 3.63) is 33.0 Å². The zero-order chi connectivity index (χ0) is 17.8. The highest BCUT2D eigenvalue weighted by molar-refractivity contribution is 9.10. The Balaban J connectivity index is 2.03. The van der Waals surface area contributed by atoms with E-state index in [1.165, 1.54) is 11.8 Å². The number of fused-ring (bicyclic) bond motifs is 1. The summed E-state index contributed by atoms with van der Waals surface area (Å²) in [7, 11) is 1.61. The van der Waals surface area contributed by atoms with Crippen molar-refractivity contribution in [3.63, 3.8) is 0 Å². The number of carbonyl (C=O) groups excluding carboxylic acids is 1. The van der Waals surface area contributed by atoms with Crippen LogP contribution in [0.25, 0.3) is 10.9 Å². The summed E-state index contributed by atoms with van der Waals surface area (Å²) in [6.45, 7) is 0.849. The van der Waals surface area contributed by atoms with Crippen LogP contribution >= 0.6 is 27.7 Å². The summed E-state index contributed by atoms with van der Waals surface area (Å²) in [5.74, 6) is 0.269. The molecule has 0 aliphatic heterocycles. The minimum Gasteiger partial charge on any atom is -0.383 e. The van der Waals surface area contributed by atoms with Crippen LogP contribution in [0.5, 0.6) is 0 Å². The molecule has 1 saturated carbocycles. The number of Topliss-reactive ketones (excluding diaryl/α,β-unsaturated/α-hetero) is 1. The maximum absolute atomic E-state index is 12.9. The fraction of sp³-hybridized carbons (Fsp3) is 0.500. The number of methoxy groups -OCH3 is 1. The third-order valence-corrected chi connectivity index (χ3v) is 6.20. The Hall–Kier alpha value is -1.18. The second-order valence-electron chi connectivity index (χ2n) is 6.18. The summed E-state index contributed by atoms with van der Waals surface area (Å²) in [5.41, 5.74) is 0.567. The lowest BCUT2D eigenvalue weighted by molar-refractivity contribution is -0.118. The van der Waals surface area contributed by atoms with Gasteiger partial charge >= 0.3 is 0 Å². The van der Waals surface area contributed by atoms with Crippen LogP contribution in [-0.2, 0) is 16.1 Å². The first kappa shape index (κ1) is 18.6. The highest BCUT2D eigenvalue weighted by Gasteiger charge is 2.24. The highest BCUT2D eigenvalue weighted by Crippen LogP contribution is 2.30. The number of benzene rings is 1. The standard InChI is InChI=1S/C18H21BrN2O3S/c1-24-10-9-21-17(23)13-11-12(19)7-8-14(13)20-18(21)25-16-6-4-2-3-5-15(16)22/h7-8,11,16H,2-6,9-10H2,1H3/t16-/m1/s1. The number of halogens is 1. The first-order valence-electron chi connectivity index (χ1n) is 8.48. The Morgan fingerprint density at radius 3 is 2.96 bits per heavy atom. The monoisotopic (exact) mass is 424 g/mol. The fourth-order valence-electron chi connectivity index (χ4n) is 3.02. The molecule has 3 rings (SSSR count). The third kappa shape index (κ3) is 4.33. The molecule has 0 spiro atoms. The number of hydrogen-bond acceptors (Lipinski definition) is 5. The Bertz CT molecular complexity index is 837. The van der Waals surface area contributed by atoms with Gasteiger partial charge in [-0.25, -0.2) is 4.98 Å². The maximum Gasteiger partial charge on any atom is 0.262 e. The van der Waals surface area contributed by atoms with Crippen LogP contribution in [0.3, 0.4) is 0 Å². The van der Waals surface area contributed by atoms with Crippen molar-refractivity contribution in [2.45, 2.75) is 49.1 Å². The second kappa shape index (κ2) is 8.47. The molecule has 0 saturated heterocycles. The highest BCUT2D eigenvalue weighted by atomic mass is 79.9. The van der Waals surface area contributed by atoms with E-state index in [-0.39, 0.29) is 16.6 Å². The van der Waals surface area contributed by atoms with E-state index in [9.17, 15) is 9.59 Å². The molecule has 25 heavy (non-hydrogen) atoms. The Labute approximate surface area is 159 Å². The molecule has 1 aromatic carbocycles. The molecule has 1 heterocycles. The molecule has 5 nitrogen and oxygen atoms in total. The van der Waals surface area contributed by atoms with Gasteiger partial charge in [0.05, 0.1) is 29.3 Å². The molecular weight excluding hydrogens is 404 g/mol. The number of aromatic nitrogens is 2. The summed E-state index contributed by atoms with van der Waals surface area (Å²) in [4.78, 5) is 30.0. The van der Waals surface area contributed by atoms with Gasteiger partial charge in [0.1, 0.15) is 5.78 Å². The number of nitrogens with zero attached hydrogens (tertiary/aromatic N) is 2. The molecule has 0 amide bonds. The zero-order valence-electron chi connectivity index (χ0n) is 14.2. The molecule has 134 valence electrons. The summed E-state index contributed by atoms with van der Waals surface area (Å²) < 4.78 is 7.63. The predicted molar refractivity (Wildman–Crippen MR) is 103 cm³/mol. The number of rotatable bonds is 5. The Morgan fingerprint density at radius 1 is 1.32 bits per heavy atom. The minimum atomic E-state index is -0.115. The number of hydrogen-bond donors (Lipinski definition) is 0. The van der Waals surface area contributed by atoms with Gasteiger partial charge in [0.15, 0.2) is 5.16 Å². The molecule has 1 fully saturated rings. The van der Waals surface area contributed by atoms with Gasteiger partial charge in [-0.15, -0.1) is 0 Å². The molecule has 0 N–H and O–H groups in total. The molecule has 7 heteroatoms. The van der Waals surface area contributed by atoms with Gasteiger partial charge in [0.25, 0.3) is 5.56 Å².